The van der Waals surface area contributed by atoms with Crippen LogP contribution in [0.25, 0.3) is 10.2 Å². The molecule has 0 saturated heterocycles. The number of hydrogen-bond donors (Lipinski definition) is 1. The monoisotopic (exact) mass is 322 g/mol. The van der Waals surface area contributed by atoms with E-state index >= 15 is 0 Å². The summed E-state index contributed by atoms with van der Waals surface area (Å²) in [6.45, 7) is 2.76. The van der Waals surface area contributed by atoms with E-state index in [2.05, 4.69) is 29.4 Å². The highest BCUT2D eigenvalue weighted by Gasteiger charge is 2.10. The molecule has 0 radical (unpaired) electrons. The second-order valence-corrected chi connectivity index (χ2v) is 6.38. The van der Waals surface area contributed by atoms with Crippen molar-refractivity contribution in [2.24, 2.45) is 0 Å². The molecule has 0 fully saturated rings. The Bertz CT molecular complexity index is 768. The fourth-order valence-corrected chi connectivity index (χ4v) is 3.33. The van der Waals surface area contributed by atoms with Crippen LogP contribution in [0.2, 0.25) is 10.0 Å². The number of aryl methyl sites for hydroxylation is 1. The predicted molar refractivity (Wildman–Crippen MR) is 88.1 cm³/mol. The summed E-state index contributed by atoms with van der Waals surface area (Å²) in [5, 5.41) is 5.46. The minimum Gasteiger partial charge on any atom is -0.378 e. The van der Waals surface area contributed by atoms with Crippen molar-refractivity contribution in [1.29, 1.82) is 0 Å². The maximum atomic E-state index is 6.17. The van der Waals surface area contributed by atoms with Crippen LogP contribution < -0.4 is 5.32 Å². The van der Waals surface area contributed by atoms with Crippen LogP contribution in [0.5, 0.6) is 0 Å². The number of rotatable bonds is 3. The molecular weight excluding hydrogens is 311 g/mol. The molecule has 0 spiro atoms. The maximum absolute atomic E-state index is 6.17. The van der Waals surface area contributed by atoms with Crippen molar-refractivity contribution in [2.75, 3.05) is 5.32 Å². The molecule has 0 saturated carbocycles. The quantitative estimate of drug-likeness (QED) is 0.686. The van der Waals surface area contributed by atoms with Gasteiger partial charge in [-0.2, -0.15) is 0 Å². The van der Waals surface area contributed by atoms with Crippen LogP contribution in [0.1, 0.15) is 10.6 Å². The van der Waals surface area contributed by atoms with Crippen LogP contribution in [0.15, 0.2) is 36.4 Å². The van der Waals surface area contributed by atoms with Gasteiger partial charge in [0.1, 0.15) is 10.5 Å². The minimum atomic E-state index is 0.530. The summed E-state index contributed by atoms with van der Waals surface area (Å²) < 4.78 is 1.06. The Morgan fingerprint density at radius 2 is 1.95 bits per heavy atom. The van der Waals surface area contributed by atoms with Crippen molar-refractivity contribution < 1.29 is 0 Å². The van der Waals surface area contributed by atoms with Gasteiger partial charge in [-0.05, 0) is 30.7 Å². The van der Waals surface area contributed by atoms with E-state index in [1.807, 2.05) is 24.3 Å². The van der Waals surface area contributed by atoms with Gasteiger partial charge in [0.15, 0.2) is 0 Å². The summed E-state index contributed by atoms with van der Waals surface area (Å²) in [6.07, 6.45) is 0. The number of nitrogens with zero attached hydrogens (tertiary/aromatic N) is 1. The largest absolute Gasteiger partial charge is 0.378 e. The highest BCUT2D eigenvalue weighted by Crippen LogP contribution is 2.33. The van der Waals surface area contributed by atoms with E-state index in [1.165, 1.54) is 5.56 Å². The topological polar surface area (TPSA) is 24.9 Å². The van der Waals surface area contributed by atoms with Gasteiger partial charge in [-0.25, -0.2) is 4.98 Å². The molecule has 0 aliphatic rings. The van der Waals surface area contributed by atoms with Gasteiger partial charge < -0.3 is 5.32 Å². The Balaban J connectivity index is 1.85. The third-order valence-corrected chi connectivity index (χ3v) is 4.89. The van der Waals surface area contributed by atoms with Gasteiger partial charge in [-0.1, -0.05) is 41.4 Å². The number of thiazole rings is 1. The normalized spacial score (nSPS) is 10.9. The molecule has 0 aliphatic heterocycles. The minimum absolute atomic E-state index is 0.530. The lowest BCUT2D eigenvalue weighted by molar-refractivity contribution is 1.11. The van der Waals surface area contributed by atoms with E-state index in [4.69, 9.17) is 23.2 Å². The molecular formula is C15H12Cl2N2S. The molecule has 0 aliphatic carbocycles. The van der Waals surface area contributed by atoms with Crippen molar-refractivity contribution in [2.45, 2.75) is 13.5 Å². The Labute approximate surface area is 131 Å². The fraction of sp³-hybridized carbons (Fsp3) is 0.133. The summed E-state index contributed by atoms with van der Waals surface area (Å²) in [5.41, 5.74) is 3.12. The predicted octanol–water partition coefficient (Wildman–Crippen LogP) is 5.52. The first-order chi connectivity index (χ1) is 9.65. The van der Waals surface area contributed by atoms with Crippen LogP contribution >= 0.6 is 34.5 Å². The smallest absolute Gasteiger partial charge is 0.113 e. The zero-order valence-electron chi connectivity index (χ0n) is 10.8. The Morgan fingerprint density at radius 1 is 1.15 bits per heavy atom. The van der Waals surface area contributed by atoms with Gasteiger partial charge in [-0.15, -0.1) is 11.3 Å². The Kier molecular flexibility index (Phi) is 3.83. The van der Waals surface area contributed by atoms with Crippen LogP contribution in [0.4, 0.5) is 5.69 Å². The molecule has 20 heavy (non-hydrogen) atoms. The number of benzene rings is 2. The molecule has 102 valence electrons. The summed E-state index contributed by atoms with van der Waals surface area (Å²) >= 11 is 13.8. The second-order valence-electron chi connectivity index (χ2n) is 4.48. The van der Waals surface area contributed by atoms with Crippen LogP contribution in [-0.4, -0.2) is 4.98 Å². The second kappa shape index (κ2) is 5.60. The average Bonchev–Trinajstić information content (AvgIpc) is 2.86. The molecule has 1 N–H and O–H groups in total. The summed E-state index contributed by atoms with van der Waals surface area (Å²) in [5.74, 6) is 0. The first kappa shape index (κ1) is 13.7. The lowest BCUT2D eigenvalue weighted by Crippen LogP contribution is -2.00. The van der Waals surface area contributed by atoms with Crippen LogP contribution in [0, 0.1) is 6.92 Å². The number of nitrogens with one attached hydrogen (secondary N) is 1. The highest BCUT2D eigenvalue weighted by molar-refractivity contribution is 7.18. The first-order valence-electron chi connectivity index (χ1n) is 6.18. The lowest BCUT2D eigenvalue weighted by atomic mass is 10.2. The number of aromatic nitrogens is 1. The Hall–Kier alpha value is -1.29. The standard InChI is InChI=1S/C15H12Cl2N2S/c1-9-4-2-3-5-11(9)18-8-13-19-15-12(20-13)7-6-10(16)14(15)17/h2-7,18H,8H2,1H3. The molecule has 3 rings (SSSR count). The van der Waals surface area contributed by atoms with Gasteiger partial charge in [0.05, 0.1) is 21.3 Å². The van der Waals surface area contributed by atoms with E-state index in [1.54, 1.807) is 11.3 Å². The van der Waals surface area contributed by atoms with Crippen molar-refractivity contribution in [1.82, 2.24) is 4.98 Å². The van der Waals surface area contributed by atoms with E-state index in [-0.39, 0.29) is 0 Å². The average molecular weight is 323 g/mol. The van der Waals surface area contributed by atoms with Crippen LogP contribution in [-0.2, 0) is 6.54 Å². The van der Waals surface area contributed by atoms with E-state index in [0.29, 0.717) is 16.6 Å². The number of para-hydroxylation sites is 1. The number of hydrogen-bond acceptors (Lipinski definition) is 3. The highest BCUT2D eigenvalue weighted by atomic mass is 35.5. The lowest BCUT2D eigenvalue weighted by Gasteiger charge is -2.06. The zero-order chi connectivity index (χ0) is 14.1. The molecule has 0 atom stereocenters. The number of halogens is 2. The molecule has 0 bridgehead atoms. The van der Waals surface area contributed by atoms with Gasteiger partial charge >= 0.3 is 0 Å². The fourth-order valence-electron chi connectivity index (χ4n) is 2.00. The number of fused-ring (bicyclic) bond motifs is 1. The van der Waals surface area contributed by atoms with Crippen molar-refractivity contribution in [3.05, 3.63) is 57.0 Å². The summed E-state index contributed by atoms with van der Waals surface area (Å²) in [7, 11) is 0. The molecule has 2 aromatic carbocycles. The molecule has 0 amide bonds. The molecule has 1 heterocycles. The van der Waals surface area contributed by atoms with E-state index < -0.39 is 0 Å². The molecule has 2 nitrogen and oxygen atoms in total. The molecule has 3 aromatic rings. The van der Waals surface area contributed by atoms with Gasteiger partial charge in [-0.3, -0.25) is 0 Å². The third-order valence-electron chi connectivity index (χ3n) is 3.07. The van der Waals surface area contributed by atoms with E-state index in [9.17, 15) is 0 Å². The van der Waals surface area contributed by atoms with Gasteiger partial charge in [0.25, 0.3) is 0 Å². The van der Waals surface area contributed by atoms with Crippen molar-refractivity contribution >= 4 is 50.4 Å². The van der Waals surface area contributed by atoms with Crippen molar-refractivity contribution in [3.8, 4) is 0 Å². The van der Waals surface area contributed by atoms with Crippen molar-refractivity contribution in [3.63, 3.8) is 0 Å². The summed E-state index contributed by atoms with van der Waals surface area (Å²) in [6, 6.07) is 12.0. The van der Waals surface area contributed by atoms with Crippen LogP contribution in [0.3, 0.4) is 0 Å². The number of anilines is 1. The SMILES string of the molecule is Cc1ccccc1NCc1nc2c(Cl)c(Cl)ccc2s1. The summed E-state index contributed by atoms with van der Waals surface area (Å²) in [4.78, 5) is 4.56. The molecule has 1 aromatic heterocycles. The van der Waals surface area contributed by atoms with E-state index in [0.717, 1.165) is 20.9 Å². The zero-order valence-corrected chi connectivity index (χ0v) is 13.1. The first-order valence-corrected chi connectivity index (χ1v) is 7.75. The third kappa shape index (κ3) is 2.62. The molecule has 0 unspecified atom stereocenters. The molecule has 5 heteroatoms. The van der Waals surface area contributed by atoms with Gasteiger partial charge in [0.2, 0.25) is 0 Å². The maximum Gasteiger partial charge on any atom is 0.113 e. The van der Waals surface area contributed by atoms with Gasteiger partial charge in [0, 0.05) is 5.69 Å². The Morgan fingerprint density at radius 3 is 2.75 bits per heavy atom.